The maximum absolute atomic E-state index is 12.3. The topological polar surface area (TPSA) is 69.6 Å². The van der Waals surface area contributed by atoms with Gasteiger partial charge in [0.1, 0.15) is 5.54 Å². The van der Waals surface area contributed by atoms with Crippen LogP contribution in [0.2, 0.25) is 0 Å². The summed E-state index contributed by atoms with van der Waals surface area (Å²) in [6, 6.07) is -0.112. The highest BCUT2D eigenvalue weighted by molar-refractivity contribution is 5.85. The van der Waals surface area contributed by atoms with Crippen molar-refractivity contribution in [2.75, 3.05) is 6.54 Å². The molecule has 0 aliphatic heterocycles. The lowest BCUT2D eigenvalue weighted by Crippen LogP contribution is -2.57. The van der Waals surface area contributed by atoms with Crippen LogP contribution in [-0.2, 0) is 4.79 Å². The summed E-state index contributed by atoms with van der Waals surface area (Å²) in [5, 5.41) is 12.3. The molecule has 1 saturated carbocycles. The molecule has 0 aromatic rings. The number of urea groups is 1. The summed E-state index contributed by atoms with van der Waals surface area (Å²) in [7, 11) is 0. The van der Waals surface area contributed by atoms with Crippen LogP contribution in [0.25, 0.3) is 0 Å². The summed E-state index contributed by atoms with van der Waals surface area (Å²) in [4.78, 5) is 25.0. The van der Waals surface area contributed by atoms with E-state index in [9.17, 15) is 14.7 Å². The fourth-order valence-corrected chi connectivity index (χ4v) is 2.84. The maximum atomic E-state index is 12.3. The Morgan fingerprint density at radius 1 is 1.25 bits per heavy atom. The van der Waals surface area contributed by atoms with Gasteiger partial charge in [0.15, 0.2) is 0 Å². The van der Waals surface area contributed by atoms with E-state index >= 15 is 0 Å². The van der Waals surface area contributed by atoms with Gasteiger partial charge >= 0.3 is 12.0 Å². The highest BCUT2D eigenvalue weighted by Crippen LogP contribution is 2.29. The Morgan fingerprint density at radius 2 is 1.85 bits per heavy atom. The van der Waals surface area contributed by atoms with Crippen molar-refractivity contribution in [2.45, 2.75) is 65.5 Å². The second kappa shape index (κ2) is 6.46. The first-order chi connectivity index (χ1) is 9.20. The summed E-state index contributed by atoms with van der Waals surface area (Å²) >= 11 is 0. The van der Waals surface area contributed by atoms with Crippen molar-refractivity contribution in [3.05, 3.63) is 0 Å². The number of carbonyl (C=O) groups excluding carboxylic acids is 1. The molecule has 3 unspecified atom stereocenters. The molecule has 116 valence electrons. The van der Waals surface area contributed by atoms with Crippen molar-refractivity contribution < 1.29 is 14.7 Å². The van der Waals surface area contributed by atoms with E-state index < -0.39 is 11.5 Å². The molecule has 1 rings (SSSR count). The van der Waals surface area contributed by atoms with E-state index in [1.54, 1.807) is 20.8 Å². The van der Waals surface area contributed by atoms with Crippen LogP contribution in [0.5, 0.6) is 0 Å². The molecule has 0 radical (unpaired) electrons. The van der Waals surface area contributed by atoms with E-state index in [0.717, 1.165) is 19.3 Å². The van der Waals surface area contributed by atoms with E-state index in [4.69, 9.17) is 0 Å². The molecule has 3 atom stereocenters. The van der Waals surface area contributed by atoms with Crippen molar-refractivity contribution in [1.29, 1.82) is 0 Å². The number of carboxylic acids is 1. The molecule has 0 heterocycles. The monoisotopic (exact) mass is 284 g/mol. The third-order valence-corrected chi connectivity index (χ3v) is 4.69. The number of hydrogen-bond acceptors (Lipinski definition) is 2. The van der Waals surface area contributed by atoms with E-state index in [1.807, 2.05) is 0 Å². The van der Waals surface area contributed by atoms with Crippen LogP contribution in [0.1, 0.15) is 53.9 Å². The zero-order valence-corrected chi connectivity index (χ0v) is 13.3. The first-order valence-corrected chi connectivity index (χ1v) is 7.51. The van der Waals surface area contributed by atoms with Gasteiger partial charge in [-0.2, -0.15) is 0 Å². The predicted octanol–water partition coefficient (Wildman–Crippen LogP) is 2.71. The summed E-state index contributed by atoms with van der Waals surface area (Å²) in [6.07, 6.45) is 3.06. The highest BCUT2D eigenvalue weighted by Gasteiger charge is 2.38. The van der Waals surface area contributed by atoms with E-state index in [1.165, 1.54) is 4.90 Å². The normalized spacial score (nSPS) is 26.9. The molecule has 1 fully saturated rings. The third-order valence-electron chi connectivity index (χ3n) is 4.69. The van der Waals surface area contributed by atoms with Crippen LogP contribution in [0, 0.1) is 11.8 Å². The lowest BCUT2D eigenvalue weighted by molar-refractivity contribution is -0.147. The number of carbonyl (C=O) groups is 2. The molecule has 20 heavy (non-hydrogen) atoms. The number of aliphatic carboxylic acids is 1. The minimum absolute atomic E-state index is 0.160. The first-order valence-electron chi connectivity index (χ1n) is 7.51. The fourth-order valence-electron chi connectivity index (χ4n) is 2.84. The number of amides is 2. The predicted molar refractivity (Wildman–Crippen MR) is 78.6 cm³/mol. The van der Waals surface area contributed by atoms with Crippen LogP contribution < -0.4 is 5.32 Å². The Kier molecular flexibility index (Phi) is 5.42. The van der Waals surface area contributed by atoms with Crippen molar-refractivity contribution >= 4 is 12.0 Å². The van der Waals surface area contributed by atoms with Crippen LogP contribution in [-0.4, -0.2) is 40.1 Å². The average Bonchev–Trinajstić information content (AvgIpc) is 2.34. The standard InChI is InChI=1S/C15H28N2O3/c1-6-17(15(4,5)13(18)19)14(20)16-12-8-7-10(2)11(3)9-12/h10-12H,6-9H2,1-5H3,(H,16,20)(H,18,19). The third kappa shape index (κ3) is 3.64. The second-order valence-electron chi connectivity index (χ2n) is 6.52. The number of nitrogens with one attached hydrogen (secondary N) is 1. The molecule has 2 N–H and O–H groups in total. The summed E-state index contributed by atoms with van der Waals surface area (Å²) < 4.78 is 0. The SMILES string of the molecule is CCN(C(=O)NC1CCC(C)C(C)C1)C(C)(C)C(=O)O. The summed E-state index contributed by atoms with van der Waals surface area (Å²) in [5.74, 6) is 0.303. The van der Waals surface area contributed by atoms with Gasteiger partial charge in [-0.3, -0.25) is 0 Å². The second-order valence-corrected chi connectivity index (χ2v) is 6.52. The smallest absolute Gasteiger partial charge is 0.329 e. The van der Waals surface area contributed by atoms with Crippen molar-refractivity contribution in [2.24, 2.45) is 11.8 Å². The lowest BCUT2D eigenvalue weighted by atomic mass is 9.79. The molecule has 2 amide bonds. The van der Waals surface area contributed by atoms with Crippen LogP contribution >= 0.6 is 0 Å². The largest absolute Gasteiger partial charge is 0.480 e. The lowest BCUT2D eigenvalue weighted by Gasteiger charge is -2.37. The maximum Gasteiger partial charge on any atom is 0.329 e. The average molecular weight is 284 g/mol. The molecule has 5 heteroatoms. The molecule has 0 aromatic heterocycles. The molecule has 0 aromatic carbocycles. The Bertz CT molecular complexity index is 368. The van der Waals surface area contributed by atoms with Crippen molar-refractivity contribution in [3.63, 3.8) is 0 Å². The zero-order chi connectivity index (χ0) is 15.5. The van der Waals surface area contributed by atoms with Gasteiger partial charge in [0.05, 0.1) is 0 Å². The van der Waals surface area contributed by atoms with Gasteiger partial charge in [-0.25, -0.2) is 9.59 Å². The molecule has 1 aliphatic carbocycles. The molecule has 5 nitrogen and oxygen atoms in total. The van der Waals surface area contributed by atoms with Gasteiger partial charge in [-0.15, -0.1) is 0 Å². The number of rotatable bonds is 4. The molecular formula is C15H28N2O3. The zero-order valence-electron chi connectivity index (χ0n) is 13.3. The number of hydrogen-bond donors (Lipinski definition) is 2. The highest BCUT2D eigenvalue weighted by atomic mass is 16.4. The van der Waals surface area contributed by atoms with Crippen molar-refractivity contribution in [3.8, 4) is 0 Å². The van der Waals surface area contributed by atoms with Crippen molar-refractivity contribution in [1.82, 2.24) is 10.2 Å². The Balaban J connectivity index is 2.67. The first kappa shape index (κ1) is 16.8. The Morgan fingerprint density at radius 3 is 2.30 bits per heavy atom. The molecule has 0 saturated heterocycles. The van der Waals surface area contributed by atoms with Crippen LogP contribution in [0.15, 0.2) is 0 Å². The van der Waals surface area contributed by atoms with E-state index in [2.05, 4.69) is 19.2 Å². The van der Waals surface area contributed by atoms with Gasteiger partial charge in [0.2, 0.25) is 0 Å². The fraction of sp³-hybridized carbons (Fsp3) is 0.867. The number of carboxylic acid groups (broad SMARTS) is 1. The molecule has 0 spiro atoms. The Hall–Kier alpha value is -1.26. The number of likely N-dealkylation sites (N-methyl/N-ethyl adjacent to an activating group) is 1. The van der Waals surface area contributed by atoms with Crippen LogP contribution in [0.3, 0.4) is 0 Å². The van der Waals surface area contributed by atoms with Gasteiger partial charge < -0.3 is 15.3 Å². The van der Waals surface area contributed by atoms with Gasteiger partial charge in [0, 0.05) is 12.6 Å². The Labute approximate surface area is 121 Å². The quantitative estimate of drug-likeness (QED) is 0.834. The number of nitrogens with zero attached hydrogens (tertiary/aromatic N) is 1. The van der Waals surface area contributed by atoms with Crippen LogP contribution in [0.4, 0.5) is 4.79 Å². The van der Waals surface area contributed by atoms with E-state index in [-0.39, 0.29) is 12.1 Å². The van der Waals surface area contributed by atoms with E-state index in [0.29, 0.717) is 18.4 Å². The summed E-state index contributed by atoms with van der Waals surface area (Å²) in [6.45, 7) is 9.75. The summed E-state index contributed by atoms with van der Waals surface area (Å²) in [5.41, 5.74) is -1.19. The minimum atomic E-state index is -1.19. The van der Waals surface area contributed by atoms with Gasteiger partial charge in [-0.1, -0.05) is 13.8 Å². The van der Waals surface area contributed by atoms with Gasteiger partial charge in [-0.05, 0) is 51.9 Å². The minimum Gasteiger partial charge on any atom is -0.480 e. The molecule has 0 bridgehead atoms. The molecule has 1 aliphatic rings. The molecular weight excluding hydrogens is 256 g/mol. The van der Waals surface area contributed by atoms with Gasteiger partial charge in [0.25, 0.3) is 0 Å².